The minimum atomic E-state index is 0.777. The summed E-state index contributed by atoms with van der Waals surface area (Å²) in [6.07, 6.45) is 13.4. The van der Waals surface area contributed by atoms with Crippen molar-refractivity contribution in [3.63, 3.8) is 0 Å². The van der Waals surface area contributed by atoms with Crippen molar-refractivity contribution in [2.45, 2.75) is 64.7 Å². The third-order valence-corrected chi connectivity index (χ3v) is 5.95. The topological polar surface area (TPSA) is 9.23 Å². The van der Waals surface area contributed by atoms with Crippen LogP contribution in [0.2, 0.25) is 0 Å². The zero-order valence-corrected chi connectivity index (χ0v) is 11.4. The van der Waals surface area contributed by atoms with Gasteiger partial charge in [0.15, 0.2) is 0 Å². The van der Waals surface area contributed by atoms with E-state index in [0.717, 1.165) is 36.4 Å². The van der Waals surface area contributed by atoms with Crippen molar-refractivity contribution in [3.05, 3.63) is 0 Å². The maximum atomic E-state index is 5.48. The van der Waals surface area contributed by atoms with E-state index in [0.29, 0.717) is 0 Å². The van der Waals surface area contributed by atoms with Crippen LogP contribution >= 0.6 is 0 Å². The van der Waals surface area contributed by atoms with Gasteiger partial charge in [-0.15, -0.1) is 0 Å². The average Bonchev–Trinajstić information content (AvgIpc) is 2.67. The third kappa shape index (κ3) is 2.54. The molecule has 0 aromatic rings. The van der Waals surface area contributed by atoms with Gasteiger partial charge < -0.3 is 4.74 Å². The Balaban J connectivity index is 1.57. The maximum absolute atomic E-state index is 5.48. The van der Waals surface area contributed by atoms with Crippen LogP contribution in [0.25, 0.3) is 0 Å². The second-order valence-electron chi connectivity index (χ2n) is 7.06. The highest BCUT2D eigenvalue weighted by Crippen LogP contribution is 2.56. The zero-order chi connectivity index (χ0) is 11.7. The Morgan fingerprint density at radius 1 is 1.06 bits per heavy atom. The molecule has 2 aliphatic carbocycles. The molecule has 17 heavy (non-hydrogen) atoms. The molecule has 2 saturated carbocycles. The maximum Gasteiger partial charge on any atom is 0.0468 e. The van der Waals surface area contributed by atoms with Crippen molar-refractivity contribution in [2.75, 3.05) is 13.2 Å². The molecule has 1 heterocycles. The van der Waals surface area contributed by atoms with Crippen LogP contribution in [0.1, 0.15) is 64.7 Å². The van der Waals surface area contributed by atoms with Crippen LogP contribution in [-0.2, 0) is 4.74 Å². The quantitative estimate of drug-likeness (QED) is 0.705. The predicted octanol–water partition coefficient (Wildman–Crippen LogP) is 4.41. The SMILES string of the molecule is CCC12CCC(CC(CC3CCOCC3)C1)C2. The van der Waals surface area contributed by atoms with Gasteiger partial charge in [0.25, 0.3) is 0 Å². The molecule has 0 aromatic heterocycles. The second kappa shape index (κ2) is 4.91. The molecule has 0 aromatic carbocycles. The summed E-state index contributed by atoms with van der Waals surface area (Å²) in [7, 11) is 0. The molecular formula is C16H28O. The Morgan fingerprint density at radius 2 is 1.88 bits per heavy atom. The first-order valence-electron chi connectivity index (χ1n) is 7.87. The zero-order valence-electron chi connectivity index (χ0n) is 11.4. The highest BCUT2D eigenvalue weighted by molar-refractivity contribution is 4.95. The molecule has 3 rings (SSSR count). The summed E-state index contributed by atoms with van der Waals surface area (Å²) in [6, 6.07) is 0. The molecule has 3 fully saturated rings. The van der Waals surface area contributed by atoms with E-state index in [4.69, 9.17) is 4.74 Å². The lowest BCUT2D eigenvalue weighted by atomic mass is 9.67. The van der Waals surface area contributed by atoms with Gasteiger partial charge in [-0.1, -0.05) is 13.3 Å². The highest BCUT2D eigenvalue weighted by Gasteiger charge is 2.44. The fourth-order valence-corrected chi connectivity index (χ4v) is 4.98. The average molecular weight is 236 g/mol. The second-order valence-corrected chi connectivity index (χ2v) is 7.06. The fourth-order valence-electron chi connectivity index (χ4n) is 4.98. The van der Waals surface area contributed by atoms with Crippen LogP contribution in [0.15, 0.2) is 0 Å². The molecular weight excluding hydrogens is 208 g/mol. The number of hydrogen-bond donors (Lipinski definition) is 0. The number of ether oxygens (including phenoxy) is 1. The standard InChI is InChI=1S/C16H28O/c1-2-16-6-3-14(11-16)10-15(12-16)9-13-4-7-17-8-5-13/h13-15H,2-12H2,1H3. The van der Waals surface area contributed by atoms with Crippen molar-refractivity contribution < 1.29 is 4.74 Å². The molecule has 1 saturated heterocycles. The van der Waals surface area contributed by atoms with Gasteiger partial charge in [-0.05, 0) is 74.5 Å². The Kier molecular flexibility index (Phi) is 3.47. The monoisotopic (exact) mass is 236 g/mol. The molecule has 3 unspecified atom stereocenters. The Labute approximate surface area is 106 Å². The summed E-state index contributed by atoms with van der Waals surface area (Å²) in [5.74, 6) is 3.13. The van der Waals surface area contributed by atoms with E-state index in [9.17, 15) is 0 Å². The van der Waals surface area contributed by atoms with Crippen LogP contribution in [0.5, 0.6) is 0 Å². The van der Waals surface area contributed by atoms with Gasteiger partial charge in [-0.25, -0.2) is 0 Å². The summed E-state index contributed by atoms with van der Waals surface area (Å²) in [5.41, 5.74) is 0.777. The predicted molar refractivity (Wildman–Crippen MR) is 70.9 cm³/mol. The van der Waals surface area contributed by atoms with Crippen molar-refractivity contribution in [3.8, 4) is 0 Å². The number of hydrogen-bond acceptors (Lipinski definition) is 1. The van der Waals surface area contributed by atoms with Crippen molar-refractivity contribution >= 4 is 0 Å². The molecule has 0 spiro atoms. The van der Waals surface area contributed by atoms with Crippen molar-refractivity contribution in [1.82, 2.24) is 0 Å². The number of fused-ring (bicyclic) bond motifs is 2. The Morgan fingerprint density at radius 3 is 2.65 bits per heavy atom. The van der Waals surface area contributed by atoms with Crippen LogP contribution < -0.4 is 0 Å². The fraction of sp³-hybridized carbons (Fsp3) is 1.00. The minimum Gasteiger partial charge on any atom is -0.381 e. The number of rotatable bonds is 3. The molecule has 3 aliphatic rings. The lowest BCUT2D eigenvalue weighted by Crippen LogP contribution is -2.28. The smallest absolute Gasteiger partial charge is 0.0468 e. The van der Waals surface area contributed by atoms with Crippen LogP contribution in [0, 0.1) is 23.2 Å². The van der Waals surface area contributed by atoms with Gasteiger partial charge in [-0.2, -0.15) is 0 Å². The minimum absolute atomic E-state index is 0.777. The summed E-state index contributed by atoms with van der Waals surface area (Å²) >= 11 is 0. The van der Waals surface area contributed by atoms with Crippen molar-refractivity contribution in [1.29, 1.82) is 0 Å². The van der Waals surface area contributed by atoms with E-state index in [1.165, 1.54) is 32.1 Å². The van der Waals surface area contributed by atoms with Gasteiger partial charge in [0.2, 0.25) is 0 Å². The van der Waals surface area contributed by atoms with Gasteiger partial charge >= 0.3 is 0 Å². The van der Waals surface area contributed by atoms with E-state index in [1.54, 1.807) is 25.7 Å². The van der Waals surface area contributed by atoms with Gasteiger partial charge in [0.05, 0.1) is 0 Å². The van der Waals surface area contributed by atoms with E-state index in [2.05, 4.69) is 6.92 Å². The molecule has 98 valence electrons. The van der Waals surface area contributed by atoms with E-state index in [1.807, 2.05) is 0 Å². The third-order valence-electron chi connectivity index (χ3n) is 5.95. The van der Waals surface area contributed by atoms with Crippen molar-refractivity contribution in [2.24, 2.45) is 23.2 Å². The van der Waals surface area contributed by atoms with Gasteiger partial charge in [0.1, 0.15) is 0 Å². The molecule has 0 N–H and O–H groups in total. The van der Waals surface area contributed by atoms with Crippen LogP contribution in [-0.4, -0.2) is 13.2 Å². The molecule has 3 atom stereocenters. The summed E-state index contributed by atoms with van der Waals surface area (Å²) in [6.45, 7) is 4.48. The highest BCUT2D eigenvalue weighted by atomic mass is 16.5. The molecule has 1 nitrogen and oxygen atoms in total. The molecule has 0 radical (unpaired) electrons. The van der Waals surface area contributed by atoms with E-state index in [-0.39, 0.29) is 0 Å². The summed E-state index contributed by atoms with van der Waals surface area (Å²) in [4.78, 5) is 0. The first-order chi connectivity index (χ1) is 8.30. The molecule has 1 aliphatic heterocycles. The summed E-state index contributed by atoms with van der Waals surface area (Å²) in [5, 5.41) is 0. The van der Waals surface area contributed by atoms with Gasteiger partial charge in [-0.3, -0.25) is 0 Å². The lowest BCUT2D eigenvalue weighted by Gasteiger charge is -2.39. The Bertz CT molecular complexity index is 256. The Hall–Kier alpha value is -0.0400. The van der Waals surface area contributed by atoms with Crippen LogP contribution in [0.3, 0.4) is 0 Å². The molecule has 2 bridgehead atoms. The van der Waals surface area contributed by atoms with E-state index >= 15 is 0 Å². The van der Waals surface area contributed by atoms with Gasteiger partial charge in [0, 0.05) is 13.2 Å². The normalized spacial score (nSPS) is 42.9. The first kappa shape index (κ1) is 12.0. The molecule has 1 heteroatoms. The largest absolute Gasteiger partial charge is 0.381 e. The van der Waals surface area contributed by atoms with Crippen LogP contribution in [0.4, 0.5) is 0 Å². The molecule has 0 amide bonds. The summed E-state index contributed by atoms with van der Waals surface area (Å²) < 4.78 is 5.48. The lowest BCUT2D eigenvalue weighted by molar-refractivity contribution is 0.0473. The first-order valence-corrected chi connectivity index (χ1v) is 7.87. The van der Waals surface area contributed by atoms with E-state index < -0.39 is 0 Å².